The molecule has 90 valence electrons. The summed E-state index contributed by atoms with van der Waals surface area (Å²) in [7, 11) is 1.79. The molecule has 2 nitrogen and oxygen atoms in total. The minimum atomic E-state index is 0.818. The molecule has 1 unspecified atom stereocenters. The van der Waals surface area contributed by atoms with Gasteiger partial charge < -0.3 is 10.1 Å². The molecule has 1 fully saturated rings. The highest BCUT2D eigenvalue weighted by Gasteiger charge is 2.21. The van der Waals surface area contributed by atoms with Gasteiger partial charge in [0, 0.05) is 19.8 Å². The SMILES string of the molecule is COCCCC(CNC1CC1)CC(C)C. The van der Waals surface area contributed by atoms with Gasteiger partial charge in [0.05, 0.1) is 0 Å². The Morgan fingerprint density at radius 1 is 1.33 bits per heavy atom. The average molecular weight is 213 g/mol. The normalized spacial score (nSPS) is 18.4. The van der Waals surface area contributed by atoms with Crippen LogP contribution >= 0.6 is 0 Å². The topological polar surface area (TPSA) is 21.3 Å². The summed E-state index contributed by atoms with van der Waals surface area (Å²) in [5.74, 6) is 1.67. The van der Waals surface area contributed by atoms with Crippen LogP contribution in [-0.4, -0.2) is 26.3 Å². The molecule has 0 amide bonds. The molecule has 2 heteroatoms. The molecule has 15 heavy (non-hydrogen) atoms. The lowest BCUT2D eigenvalue weighted by Gasteiger charge is -2.19. The largest absolute Gasteiger partial charge is 0.385 e. The zero-order valence-corrected chi connectivity index (χ0v) is 10.6. The first kappa shape index (κ1) is 13.0. The summed E-state index contributed by atoms with van der Waals surface area (Å²) in [4.78, 5) is 0. The molecule has 0 aromatic heterocycles. The highest BCUT2D eigenvalue weighted by Crippen LogP contribution is 2.21. The van der Waals surface area contributed by atoms with E-state index in [1.807, 2.05) is 0 Å². The highest BCUT2D eigenvalue weighted by molar-refractivity contribution is 4.82. The Labute approximate surface area is 94.8 Å². The Morgan fingerprint density at radius 2 is 2.07 bits per heavy atom. The number of methoxy groups -OCH3 is 1. The van der Waals surface area contributed by atoms with Crippen LogP contribution < -0.4 is 5.32 Å². The fourth-order valence-electron chi connectivity index (χ4n) is 2.11. The van der Waals surface area contributed by atoms with E-state index in [9.17, 15) is 0 Å². The van der Waals surface area contributed by atoms with Gasteiger partial charge in [-0.3, -0.25) is 0 Å². The summed E-state index contributed by atoms with van der Waals surface area (Å²) in [6.07, 6.45) is 6.66. The Kier molecular flexibility index (Phi) is 6.26. The third-order valence-corrected chi connectivity index (χ3v) is 3.04. The zero-order chi connectivity index (χ0) is 11.1. The van der Waals surface area contributed by atoms with Crippen LogP contribution in [0.5, 0.6) is 0 Å². The van der Waals surface area contributed by atoms with Crippen molar-refractivity contribution in [1.29, 1.82) is 0 Å². The van der Waals surface area contributed by atoms with Crippen molar-refractivity contribution in [3.63, 3.8) is 0 Å². The summed E-state index contributed by atoms with van der Waals surface area (Å²) in [6, 6.07) is 0.849. The molecule has 0 heterocycles. The van der Waals surface area contributed by atoms with Crippen molar-refractivity contribution in [3.05, 3.63) is 0 Å². The van der Waals surface area contributed by atoms with Gasteiger partial charge in [0.15, 0.2) is 0 Å². The van der Waals surface area contributed by atoms with E-state index < -0.39 is 0 Å². The summed E-state index contributed by atoms with van der Waals surface area (Å²) in [6.45, 7) is 6.77. The second-order valence-electron chi connectivity index (χ2n) is 5.31. The molecule has 0 aliphatic heterocycles. The minimum Gasteiger partial charge on any atom is -0.385 e. The summed E-state index contributed by atoms with van der Waals surface area (Å²) >= 11 is 0. The smallest absolute Gasteiger partial charge is 0.0462 e. The van der Waals surface area contributed by atoms with Crippen molar-refractivity contribution in [2.75, 3.05) is 20.3 Å². The summed E-state index contributed by atoms with van der Waals surface area (Å²) in [5.41, 5.74) is 0. The number of hydrogen-bond acceptors (Lipinski definition) is 2. The predicted molar refractivity (Wildman–Crippen MR) is 65.1 cm³/mol. The summed E-state index contributed by atoms with van der Waals surface area (Å²) in [5, 5.41) is 3.65. The molecule has 1 N–H and O–H groups in total. The van der Waals surface area contributed by atoms with Gasteiger partial charge in [0.1, 0.15) is 0 Å². The van der Waals surface area contributed by atoms with E-state index in [-0.39, 0.29) is 0 Å². The molecule has 1 aliphatic carbocycles. The van der Waals surface area contributed by atoms with Crippen molar-refractivity contribution in [1.82, 2.24) is 5.32 Å². The van der Waals surface area contributed by atoms with E-state index in [4.69, 9.17) is 4.74 Å². The van der Waals surface area contributed by atoms with Crippen molar-refractivity contribution in [2.45, 2.75) is 52.0 Å². The van der Waals surface area contributed by atoms with Crippen LogP contribution in [0, 0.1) is 11.8 Å². The molecule has 1 saturated carbocycles. The van der Waals surface area contributed by atoms with Gasteiger partial charge in [-0.05, 0) is 50.5 Å². The van der Waals surface area contributed by atoms with Crippen LogP contribution in [0.15, 0.2) is 0 Å². The quantitative estimate of drug-likeness (QED) is 0.595. The molecule has 1 atom stereocenters. The maximum Gasteiger partial charge on any atom is 0.0462 e. The summed E-state index contributed by atoms with van der Waals surface area (Å²) < 4.78 is 5.11. The van der Waals surface area contributed by atoms with Crippen molar-refractivity contribution in [3.8, 4) is 0 Å². The van der Waals surface area contributed by atoms with Crippen molar-refractivity contribution in [2.24, 2.45) is 11.8 Å². The maximum absolute atomic E-state index is 5.11. The Morgan fingerprint density at radius 3 is 2.60 bits per heavy atom. The molecule has 1 rings (SSSR count). The first-order valence-electron chi connectivity index (χ1n) is 6.44. The van der Waals surface area contributed by atoms with E-state index in [1.165, 1.54) is 38.6 Å². The van der Waals surface area contributed by atoms with Crippen LogP contribution in [0.2, 0.25) is 0 Å². The molecule has 0 radical (unpaired) electrons. The third kappa shape index (κ3) is 6.91. The molecular weight excluding hydrogens is 186 g/mol. The van der Waals surface area contributed by atoms with Gasteiger partial charge in [-0.2, -0.15) is 0 Å². The molecule has 0 saturated heterocycles. The second kappa shape index (κ2) is 7.24. The standard InChI is InChI=1S/C13H27NO/c1-11(2)9-12(5-4-8-15-3)10-14-13-6-7-13/h11-14H,4-10H2,1-3H3. The van der Waals surface area contributed by atoms with Gasteiger partial charge in [-0.1, -0.05) is 13.8 Å². The zero-order valence-electron chi connectivity index (χ0n) is 10.6. The van der Waals surface area contributed by atoms with Crippen molar-refractivity contribution < 1.29 is 4.74 Å². The van der Waals surface area contributed by atoms with Crippen LogP contribution in [0.4, 0.5) is 0 Å². The molecule has 0 aromatic rings. The van der Waals surface area contributed by atoms with Gasteiger partial charge >= 0.3 is 0 Å². The van der Waals surface area contributed by atoms with E-state index >= 15 is 0 Å². The fraction of sp³-hybridized carbons (Fsp3) is 1.00. The monoisotopic (exact) mass is 213 g/mol. The van der Waals surface area contributed by atoms with Crippen LogP contribution in [0.1, 0.15) is 46.0 Å². The molecule has 0 aromatic carbocycles. The van der Waals surface area contributed by atoms with E-state index in [0.717, 1.165) is 24.5 Å². The van der Waals surface area contributed by atoms with E-state index in [2.05, 4.69) is 19.2 Å². The Bertz CT molecular complexity index is 155. The average Bonchev–Trinajstić information content (AvgIpc) is 2.97. The molecule has 0 spiro atoms. The Hall–Kier alpha value is -0.0800. The van der Waals surface area contributed by atoms with Gasteiger partial charge in [-0.25, -0.2) is 0 Å². The van der Waals surface area contributed by atoms with E-state index in [1.54, 1.807) is 7.11 Å². The predicted octanol–water partition coefficient (Wildman–Crippen LogP) is 2.83. The number of rotatable bonds is 9. The van der Waals surface area contributed by atoms with Gasteiger partial charge in [0.25, 0.3) is 0 Å². The Balaban J connectivity index is 2.11. The number of nitrogens with one attached hydrogen (secondary N) is 1. The van der Waals surface area contributed by atoms with Crippen LogP contribution in [-0.2, 0) is 4.74 Å². The third-order valence-electron chi connectivity index (χ3n) is 3.04. The first-order valence-corrected chi connectivity index (χ1v) is 6.44. The van der Waals surface area contributed by atoms with Gasteiger partial charge in [0.2, 0.25) is 0 Å². The molecular formula is C13H27NO. The maximum atomic E-state index is 5.11. The van der Waals surface area contributed by atoms with E-state index in [0.29, 0.717) is 0 Å². The lowest BCUT2D eigenvalue weighted by molar-refractivity contribution is 0.183. The second-order valence-corrected chi connectivity index (χ2v) is 5.31. The first-order chi connectivity index (χ1) is 7.22. The van der Waals surface area contributed by atoms with Gasteiger partial charge in [-0.15, -0.1) is 0 Å². The molecule has 0 bridgehead atoms. The number of hydrogen-bond donors (Lipinski definition) is 1. The van der Waals surface area contributed by atoms with Crippen LogP contribution in [0.3, 0.4) is 0 Å². The lowest BCUT2D eigenvalue weighted by Crippen LogP contribution is -2.26. The minimum absolute atomic E-state index is 0.818. The van der Waals surface area contributed by atoms with Crippen molar-refractivity contribution >= 4 is 0 Å². The lowest BCUT2D eigenvalue weighted by atomic mass is 9.93. The van der Waals surface area contributed by atoms with Crippen LogP contribution in [0.25, 0.3) is 0 Å². The fourth-order valence-corrected chi connectivity index (χ4v) is 2.11. The highest BCUT2D eigenvalue weighted by atomic mass is 16.5. The number of ether oxygens (including phenoxy) is 1. The molecule has 1 aliphatic rings.